The van der Waals surface area contributed by atoms with Gasteiger partial charge in [-0.15, -0.1) is 0 Å². The Hall–Kier alpha value is -3.35. The number of hydrogen-bond acceptors (Lipinski definition) is 3. The summed E-state index contributed by atoms with van der Waals surface area (Å²) in [7, 11) is 0. The smallest absolute Gasteiger partial charge is 0.322 e. The molecule has 1 aromatic heterocycles. The molecular formula is C22H24FN5O. The Morgan fingerprint density at radius 1 is 0.966 bits per heavy atom. The Labute approximate surface area is 169 Å². The maximum absolute atomic E-state index is 13.8. The van der Waals surface area contributed by atoms with Crippen molar-refractivity contribution in [2.24, 2.45) is 0 Å². The minimum absolute atomic E-state index is 0.204. The first-order valence-electron chi connectivity index (χ1n) is 9.71. The van der Waals surface area contributed by atoms with Crippen LogP contribution < -0.4 is 10.2 Å². The second kappa shape index (κ2) is 7.95. The van der Waals surface area contributed by atoms with Crippen LogP contribution in [0.4, 0.5) is 20.6 Å². The summed E-state index contributed by atoms with van der Waals surface area (Å²) in [5.74, 6) is -0.431. The second-order valence-corrected chi connectivity index (χ2v) is 7.15. The van der Waals surface area contributed by atoms with Gasteiger partial charge in [0.25, 0.3) is 0 Å². The zero-order valence-corrected chi connectivity index (χ0v) is 16.6. The van der Waals surface area contributed by atoms with Crippen LogP contribution in [0.5, 0.6) is 0 Å². The first-order valence-corrected chi connectivity index (χ1v) is 9.71. The number of piperazine rings is 1. The topological polar surface area (TPSA) is 53.4 Å². The van der Waals surface area contributed by atoms with Crippen LogP contribution in [0.25, 0.3) is 5.69 Å². The van der Waals surface area contributed by atoms with E-state index in [9.17, 15) is 9.18 Å². The molecule has 0 unspecified atom stereocenters. The number of para-hydroxylation sites is 2. The van der Waals surface area contributed by atoms with E-state index in [1.165, 1.54) is 6.07 Å². The molecule has 3 aromatic rings. The maximum atomic E-state index is 13.8. The molecule has 150 valence electrons. The molecule has 6 nitrogen and oxygen atoms in total. The van der Waals surface area contributed by atoms with Gasteiger partial charge in [-0.2, -0.15) is 5.10 Å². The number of nitrogens with zero attached hydrogens (tertiary/aromatic N) is 4. The molecule has 1 saturated heterocycles. The lowest BCUT2D eigenvalue weighted by atomic mass is 10.2. The minimum Gasteiger partial charge on any atom is -0.365 e. The van der Waals surface area contributed by atoms with E-state index >= 15 is 0 Å². The lowest BCUT2D eigenvalue weighted by molar-refractivity contribution is 0.208. The second-order valence-electron chi connectivity index (χ2n) is 7.15. The molecule has 29 heavy (non-hydrogen) atoms. The van der Waals surface area contributed by atoms with Crippen LogP contribution in [0, 0.1) is 19.7 Å². The van der Waals surface area contributed by atoms with Gasteiger partial charge in [0.15, 0.2) is 0 Å². The van der Waals surface area contributed by atoms with Crippen molar-refractivity contribution in [2.45, 2.75) is 13.8 Å². The van der Waals surface area contributed by atoms with Crippen LogP contribution in [-0.2, 0) is 0 Å². The van der Waals surface area contributed by atoms with Crippen molar-refractivity contribution in [3.8, 4) is 5.69 Å². The fourth-order valence-corrected chi connectivity index (χ4v) is 3.80. The van der Waals surface area contributed by atoms with E-state index in [1.54, 1.807) is 23.1 Å². The highest BCUT2D eigenvalue weighted by atomic mass is 19.1. The number of anilines is 2. The average Bonchev–Trinajstić information content (AvgIpc) is 3.04. The van der Waals surface area contributed by atoms with Gasteiger partial charge in [0.05, 0.1) is 28.5 Å². The van der Waals surface area contributed by atoms with Crippen LogP contribution in [0.2, 0.25) is 0 Å². The molecule has 0 bridgehead atoms. The number of hydrogen-bond donors (Lipinski definition) is 1. The number of benzene rings is 2. The van der Waals surface area contributed by atoms with Gasteiger partial charge in [0, 0.05) is 26.2 Å². The van der Waals surface area contributed by atoms with Gasteiger partial charge < -0.3 is 15.1 Å². The summed E-state index contributed by atoms with van der Waals surface area (Å²) in [5, 5.41) is 7.38. The third-order valence-corrected chi connectivity index (χ3v) is 5.25. The fourth-order valence-electron chi connectivity index (χ4n) is 3.80. The first kappa shape index (κ1) is 19.0. The van der Waals surface area contributed by atoms with Gasteiger partial charge in [0.1, 0.15) is 5.82 Å². The molecule has 1 aliphatic rings. The molecule has 2 aromatic carbocycles. The molecule has 0 aliphatic carbocycles. The molecule has 2 amide bonds. The molecule has 4 rings (SSSR count). The molecule has 1 fully saturated rings. The molecule has 2 heterocycles. The van der Waals surface area contributed by atoms with Gasteiger partial charge in [0.2, 0.25) is 0 Å². The van der Waals surface area contributed by atoms with E-state index < -0.39 is 5.82 Å². The lowest BCUT2D eigenvalue weighted by Gasteiger charge is -2.36. The average molecular weight is 393 g/mol. The molecule has 0 atom stereocenters. The van der Waals surface area contributed by atoms with Crippen molar-refractivity contribution in [1.82, 2.24) is 14.7 Å². The largest absolute Gasteiger partial charge is 0.365 e. The molecule has 0 saturated carbocycles. The number of rotatable bonds is 3. The zero-order chi connectivity index (χ0) is 20.4. The maximum Gasteiger partial charge on any atom is 0.322 e. The molecule has 0 spiro atoms. The first-order chi connectivity index (χ1) is 14.0. The highest BCUT2D eigenvalue weighted by Gasteiger charge is 2.25. The Bertz CT molecular complexity index is 1010. The summed E-state index contributed by atoms with van der Waals surface area (Å²) in [6, 6.07) is 16.0. The van der Waals surface area contributed by atoms with E-state index in [1.807, 2.05) is 41.9 Å². The van der Waals surface area contributed by atoms with E-state index in [0.717, 1.165) is 22.8 Å². The summed E-state index contributed by atoms with van der Waals surface area (Å²) >= 11 is 0. The molecule has 1 N–H and O–H groups in total. The minimum atomic E-state index is -0.431. The van der Waals surface area contributed by atoms with Crippen molar-refractivity contribution >= 4 is 17.4 Å². The number of nitrogens with one attached hydrogen (secondary N) is 1. The van der Waals surface area contributed by atoms with Crippen LogP contribution >= 0.6 is 0 Å². The lowest BCUT2D eigenvalue weighted by Crippen LogP contribution is -2.50. The summed E-state index contributed by atoms with van der Waals surface area (Å²) in [6.07, 6.45) is 0. The van der Waals surface area contributed by atoms with E-state index in [0.29, 0.717) is 26.2 Å². The van der Waals surface area contributed by atoms with Gasteiger partial charge in [-0.3, -0.25) is 0 Å². The number of aromatic nitrogens is 2. The monoisotopic (exact) mass is 393 g/mol. The summed E-state index contributed by atoms with van der Waals surface area (Å²) in [5.41, 5.74) is 4.40. The Kier molecular flexibility index (Phi) is 5.20. The number of urea groups is 1. The van der Waals surface area contributed by atoms with E-state index in [4.69, 9.17) is 5.10 Å². The van der Waals surface area contributed by atoms with Gasteiger partial charge in [-0.05, 0) is 38.1 Å². The summed E-state index contributed by atoms with van der Waals surface area (Å²) < 4.78 is 15.7. The van der Waals surface area contributed by atoms with Crippen LogP contribution in [0.15, 0.2) is 54.6 Å². The molecular weight excluding hydrogens is 369 g/mol. The van der Waals surface area contributed by atoms with Crippen molar-refractivity contribution in [3.63, 3.8) is 0 Å². The number of amides is 2. The Morgan fingerprint density at radius 3 is 2.31 bits per heavy atom. The highest BCUT2D eigenvalue weighted by Crippen LogP contribution is 2.27. The van der Waals surface area contributed by atoms with Crippen molar-refractivity contribution in [3.05, 3.63) is 71.8 Å². The van der Waals surface area contributed by atoms with Crippen molar-refractivity contribution in [2.75, 3.05) is 36.4 Å². The number of aryl methyl sites for hydroxylation is 1. The predicted molar refractivity (Wildman–Crippen MR) is 112 cm³/mol. The Balaban J connectivity index is 1.44. The normalized spacial score (nSPS) is 14.2. The third-order valence-electron chi connectivity index (χ3n) is 5.25. The quantitative estimate of drug-likeness (QED) is 0.732. The fraction of sp³-hybridized carbons (Fsp3) is 0.273. The Morgan fingerprint density at radius 2 is 1.62 bits per heavy atom. The highest BCUT2D eigenvalue weighted by molar-refractivity contribution is 5.89. The molecule has 7 heteroatoms. The summed E-state index contributed by atoms with van der Waals surface area (Å²) in [6.45, 7) is 6.61. The number of halogens is 1. The standard InChI is InChI=1S/C22H24FN5O/c1-16-21(17(2)28(25-16)18-8-4-3-5-9-18)26-12-14-27(15-13-26)22(29)24-20-11-7-6-10-19(20)23/h3-11H,12-15H2,1-2H3,(H,24,29). The van der Waals surface area contributed by atoms with Crippen molar-refractivity contribution in [1.29, 1.82) is 0 Å². The van der Waals surface area contributed by atoms with Crippen LogP contribution in [0.3, 0.4) is 0 Å². The molecule has 1 aliphatic heterocycles. The third kappa shape index (κ3) is 3.81. The van der Waals surface area contributed by atoms with Crippen molar-refractivity contribution < 1.29 is 9.18 Å². The predicted octanol–water partition coefficient (Wildman–Crippen LogP) is 3.98. The van der Waals surface area contributed by atoms with E-state index in [-0.39, 0.29) is 11.7 Å². The van der Waals surface area contributed by atoms with Gasteiger partial charge in [-0.1, -0.05) is 30.3 Å². The van der Waals surface area contributed by atoms with Crippen LogP contribution in [-0.4, -0.2) is 46.9 Å². The molecule has 0 radical (unpaired) electrons. The zero-order valence-electron chi connectivity index (χ0n) is 16.6. The van der Waals surface area contributed by atoms with E-state index in [2.05, 4.69) is 17.1 Å². The number of carbonyl (C=O) groups is 1. The van der Waals surface area contributed by atoms with Gasteiger partial charge in [-0.25, -0.2) is 13.9 Å². The van der Waals surface area contributed by atoms with Gasteiger partial charge >= 0.3 is 6.03 Å². The summed E-state index contributed by atoms with van der Waals surface area (Å²) in [4.78, 5) is 16.5. The van der Waals surface area contributed by atoms with Crippen LogP contribution in [0.1, 0.15) is 11.4 Å². The number of carbonyl (C=O) groups excluding carboxylic acids is 1. The SMILES string of the molecule is Cc1nn(-c2ccccc2)c(C)c1N1CCN(C(=O)Nc2ccccc2F)CC1.